The van der Waals surface area contributed by atoms with Gasteiger partial charge < -0.3 is 0 Å². The summed E-state index contributed by atoms with van der Waals surface area (Å²) in [6.07, 6.45) is 9.80. The molecule has 0 bridgehead atoms. The number of nitrogens with zero attached hydrogens (tertiary/aromatic N) is 3. The Labute approximate surface area is 178 Å². The summed E-state index contributed by atoms with van der Waals surface area (Å²) in [7, 11) is 0. The topological polar surface area (TPSA) is 30.2 Å². The van der Waals surface area contributed by atoms with Crippen molar-refractivity contribution in [2.45, 2.75) is 12.8 Å². The largest absolute Gasteiger partial charge is 0.299 e. The molecule has 2 aliphatic rings. The van der Waals surface area contributed by atoms with Gasteiger partial charge in [-0.2, -0.15) is 0 Å². The van der Waals surface area contributed by atoms with Crippen molar-refractivity contribution in [2.24, 2.45) is 0 Å². The second-order valence-electron chi connectivity index (χ2n) is 8.71. The van der Waals surface area contributed by atoms with E-state index in [2.05, 4.69) is 70.2 Å². The van der Waals surface area contributed by atoms with Crippen LogP contribution in [-0.4, -0.2) is 14.4 Å². The average Bonchev–Trinajstić information content (AvgIpc) is 3.52. The van der Waals surface area contributed by atoms with Crippen molar-refractivity contribution in [2.75, 3.05) is 0 Å². The molecule has 6 aromatic rings. The number of imidazole rings is 1. The third-order valence-corrected chi connectivity index (χ3v) is 7.20. The molecule has 3 heteroatoms. The van der Waals surface area contributed by atoms with Crippen LogP contribution in [0.1, 0.15) is 22.3 Å². The number of rotatable bonds is 0. The Kier molecular flexibility index (Phi) is 2.74. The summed E-state index contributed by atoms with van der Waals surface area (Å²) >= 11 is 0. The van der Waals surface area contributed by atoms with E-state index in [0.717, 1.165) is 24.0 Å². The molecule has 3 nitrogen and oxygen atoms in total. The van der Waals surface area contributed by atoms with Gasteiger partial charge in [0.1, 0.15) is 5.65 Å². The van der Waals surface area contributed by atoms with Gasteiger partial charge in [0.2, 0.25) is 0 Å². The van der Waals surface area contributed by atoms with Gasteiger partial charge in [-0.1, -0.05) is 42.5 Å². The van der Waals surface area contributed by atoms with Crippen LogP contribution in [0.15, 0.2) is 79.4 Å². The number of hydrogen-bond donors (Lipinski definition) is 0. The van der Waals surface area contributed by atoms with E-state index in [1.807, 2.05) is 18.6 Å². The minimum Gasteiger partial charge on any atom is -0.299 e. The van der Waals surface area contributed by atoms with E-state index in [1.54, 1.807) is 0 Å². The fourth-order valence-corrected chi connectivity index (χ4v) is 5.87. The van der Waals surface area contributed by atoms with Crippen molar-refractivity contribution in [1.82, 2.24) is 14.4 Å². The molecule has 0 aliphatic heterocycles. The summed E-state index contributed by atoms with van der Waals surface area (Å²) in [6, 6.07) is 20.3. The predicted molar refractivity (Wildman–Crippen MR) is 124 cm³/mol. The molecule has 0 amide bonds. The monoisotopic (exact) mass is 395 g/mol. The van der Waals surface area contributed by atoms with Crippen LogP contribution in [0.4, 0.5) is 0 Å². The smallest absolute Gasteiger partial charge is 0.145 e. The average molecular weight is 395 g/mol. The van der Waals surface area contributed by atoms with E-state index < -0.39 is 0 Å². The summed E-state index contributed by atoms with van der Waals surface area (Å²) < 4.78 is 2.21. The molecule has 3 heterocycles. The Morgan fingerprint density at radius 3 is 2.61 bits per heavy atom. The van der Waals surface area contributed by atoms with Crippen molar-refractivity contribution in [3.63, 3.8) is 0 Å². The second-order valence-corrected chi connectivity index (χ2v) is 8.71. The summed E-state index contributed by atoms with van der Waals surface area (Å²) in [4.78, 5) is 9.19. The molecule has 0 spiro atoms. The zero-order valence-corrected chi connectivity index (χ0v) is 16.8. The van der Waals surface area contributed by atoms with Crippen LogP contribution in [0, 0.1) is 0 Å². The van der Waals surface area contributed by atoms with E-state index in [1.165, 1.54) is 60.7 Å². The third-order valence-electron chi connectivity index (χ3n) is 7.20. The van der Waals surface area contributed by atoms with Crippen LogP contribution < -0.4 is 0 Å². The van der Waals surface area contributed by atoms with Crippen molar-refractivity contribution >= 4 is 27.3 Å². The van der Waals surface area contributed by atoms with E-state index in [9.17, 15) is 0 Å². The highest BCUT2D eigenvalue weighted by atomic mass is 15.0. The summed E-state index contributed by atoms with van der Waals surface area (Å²) in [6.45, 7) is 0. The van der Waals surface area contributed by atoms with Crippen LogP contribution in [0.25, 0.3) is 49.6 Å². The minimum atomic E-state index is 0.958. The molecule has 3 aromatic heterocycles. The first-order valence-electron chi connectivity index (χ1n) is 10.8. The van der Waals surface area contributed by atoms with Gasteiger partial charge in [-0.25, -0.2) is 4.98 Å². The Morgan fingerprint density at radius 2 is 1.61 bits per heavy atom. The maximum atomic E-state index is 4.77. The summed E-state index contributed by atoms with van der Waals surface area (Å²) in [5.41, 5.74) is 13.4. The number of aromatic nitrogens is 3. The Morgan fingerprint density at radius 1 is 0.710 bits per heavy atom. The first-order valence-corrected chi connectivity index (χ1v) is 10.8. The maximum Gasteiger partial charge on any atom is 0.145 e. The molecule has 0 unspecified atom stereocenters. The lowest BCUT2D eigenvalue weighted by Crippen LogP contribution is -1.94. The number of pyridine rings is 2. The molecule has 0 fully saturated rings. The highest BCUT2D eigenvalue weighted by Crippen LogP contribution is 2.47. The van der Waals surface area contributed by atoms with Crippen molar-refractivity contribution in [3.05, 3.63) is 102 Å². The number of benzene rings is 3. The van der Waals surface area contributed by atoms with Gasteiger partial charge in [-0.15, -0.1) is 0 Å². The molecule has 8 rings (SSSR count). The molecule has 0 saturated heterocycles. The highest BCUT2D eigenvalue weighted by molar-refractivity contribution is 6.15. The molecule has 3 aromatic carbocycles. The lowest BCUT2D eigenvalue weighted by molar-refractivity contribution is 1.21. The van der Waals surface area contributed by atoms with E-state index in [0.29, 0.717) is 0 Å². The van der Waals surface area contributed by atoms with Gasteiger partial charge in [0.25, 0.3) is 0 Å². The zero-order chi connectivity index (χ0) is 20.1. The summed E-state index contributed by atoms with van der Waals surface area (Å²) in [5, 5.41) is 3.68. The Hall–Kier alpha value is -3.98. The molecule has 0 radical (unpaired) electrons. The van der Waals surface area contributed by atoms with Crippen LogP contribution in [0.2, 0.25) is 0 Å². The number of hydrogen-bond acceptors (Lipinski definition) is 2. The van der Waals surface area contributed by atoms with E-state index in [-0.39, 0.29) is 0 Å². The third kappa shape index (κ3) is 1.89. The van der Waals surface area contributed by atoms with Gasteiger partial charge in [0, 0.05) is 35.6 Å². The van der Waals surface area contributed by atoms with Gasteiger partial charge >= 0.3 is 0 Å². The van der Waals surface area contributed by atoms with Gasteiger partial charge in [0.15, 0.2) is 0 Å². The molecule has 0 N–H and O–H groups in total. The van der Waals surface area contributed by atoms with Crippen molar-refractivity contribution < 1.29 is 0 Å². The SMILES string of the molecule is c1ccc2c(c1)Cc1cc3c(cc1-2)-c1ccc2c4cnccc4n4ccnc4c2c1C3. The first-order chi connectivity index (χ1) is 15.4. The van der Waals surface area contributed by atoms with E-state index in [4.69, 9.17) is 4.98 Å². The molecule has 144 valence electrons. The van der Waals surface area contributed by atoms with Gasteiger partial charge in [0.05, 0.1) is 5.52 Å². The van der Waals surface area contributed by atoms with Gasteiger partial charge in [-0.05, 0) is 74.9 Å². The Balaban J connectivity index is 1.46. The fourth-order valence-electron chi connectivity index (χ4n) is 5.87. The van der Waals surface area contributed by atoms with Crippen LogP contribution in [0.5, 0.6) is 0 Å². The number of fused-ring (bicyclic) bond motifs is 13. The molecular weight excluding hydrogens is 378 g/mol. The summed E-state index contributed by atoms with van der Waals surface area (Å²) in [5.74, 6) is 0. The molecule has 0 saturated carbocycles. The normalized spacial score (nSPS) is 13.5. The van der Waals surface area contributed by atoms with E-state index >= 15 is 0 Å². The second kappa shape index (κ2) is 5.38. The van der Waals surface area contributed by atoms with Crippen molar-refractivity contribution in [3.8, 4) is 22.3 Å². The van der Waals surface area contributed by atoms with Crippen LogP contribution >= 0.6 is 0 Å². The lowest BCUT2D eigenvalue weighted by Gasteiger charge is -2.11. The van der Waals surface area contributed by atoms with Crippen molar-refractivity contribution in [1.29, 1.82) is 0 Å². The quantitative estimate of drug-likeness (QED) is 0.287. The lowest BCUT2D eigenvalue weighted by atomic mass is 9.96. The molecule has 2 aliphatic carbocycles. The van der Waals surface area contributed by atoms with Crippen LogP contribution in [0.3, 0.4) is 0 Å². The Bertz CT molecular complexity index is 1740. The fraction of sp³-hybridized carbons (Fsp3) is 0.0714. The minimum absolute atomic E-state index is 0.958. The first kappa shape index (κ1) is 15.8. The zero-order valence-electron chi connectivity index (χ0n) is 16.8. The van der Waals surface area contributed by atoms with Gasteiger partial charge in [-0.3, -0.25) is 9.38 Å². The molecule has 31 heavy (non-hydrogen) atoms. The standard InChI is InChI=1S/C28H17N3/c1-2-4-19-16(3-1)11-17-12-18-13-24-20(23(18)14-22(17)19)5-6-21-25-15-29-8-7-26(25)31-10-9-30-28(31)27(21)24/h1-10,12,14-15H,11,13H2. The molecular formula is C28H17N3. The van der Waals surface area contributed by atoms with Crippen LogP contribution in [-0.2, 0) is 12.8 Å². The highest BCUT2D eigenvalue weighted by Gasteiger charge is 2.27. The predicted octanol–water partition coefficient (Wildman–Crippen LogP) is 6.18. The molecule has 0 atom stereocenters. The maximum absolute atomic E-state index is 4.77.